The maximum absolute atomic E-state index is 6.07. The fraction of sp³-hybridized carbons (Fsp3) is 0.214. The van der Waals surface area contributed by atoms with Gasteiger partial charge in [-0.05, 0) is 37.1 Å². The monoisotopic (exact) mass is 296 g/mol. The molecule has 1 atom stereocenters. The smallest absolute Gasteiger partial charge is 0.147 e. The third-order valence-electron chi connectivity index (χ3n) is 2.47. The second-order valence-electron chi connectivity index (χ2n) is 4.36. The molecular weight excluding hydrogens is 283 g/mol. The molecule has 1 unspecified atom stereocenters. The Morgan fingerprint density at radius 2 is 2.11 bits per heavy atom. The van der Waals surface area contributed by atoms with Crippen LogP contribution in [0.15, 0.2) is 36.7 Å². The summed E-state index contributed by atoms with van der Waals surface area (Å²) in [5.74, 6) is 1.12. The van der Waals surface area contributed by atoms with E-state index >= 15 is 0 Å². The highest BCUT2D eigenvalue weighted by Gasteiger charge is 2.07. The van der Waals surface area contributed by atoms with E-state index in [1.54, 1.807) is 30.6 Å². The van der Waals surface area contributed by atoms with Crippen molar-refractivity contribution in [1.82, 2.24) is 4.98 Å². The maximum atomic E-state index is 6.07. The highest BCUT2D eigenvalue weighted by molar-refractivity contribution is 6.42. The first-order valence-corrected chi connectivity index (χ1v) is 6.63. The van der Waals surface area contributed by atoms with E-state index in [0.717, 1.165) is 12.0 Å². The molecule has 1 heterocycles. The minimum absolute atomic E-state index is 0.0757. The van der Waals surface area contributed by atoms with Crippen molar-refractivity contribution in [2.75, 3.05) is 0 Å². The van der Waals surface area contributed by atoms with E-state index in [0.29, 0.717) is 21.5 Å². The van der Waals surface area contributed by atoms with Crippen LogP contribution in [-0.2, 0) is 6.42 Å². The Hall–Kier alpha value is -1.29. The van der Waals surface area contributed by atoms with Crippen molar-refractivity contribution in [1.29, 1.82) is 0 Å². The van der Waals surface area contributed by atoms with Crippen LogP contribution in [0.4, 0.5) is 0 Å². The lowest BCUT2D eigenvalue weighted by molar-refractivity contribution is 0.479. The number of hydrogen-bond donors (Lipinski definition) is 1. The molecule has 5 heteroatoms. The summed E-state index contributed by atoms with van der Waals surface area (Å²) < 4.78 is 5.69. The van der Waals surface area contributed by atoms with Crippen LogP contribution >= 0.6 is 23.2 Å². The van der Waals surface area contributed by atoms with E-state index in [-0.39, 0.29) is 6.04 Å². The standard InChI is InChI=1S/C14H14Cl2N2O/c1-9(17)5-10-6-11(8-18-7-10)19-13-4-2-3-12(15)14(13)16/h2-4,6-9H,5,17H2,1H3. The topological polar surface area (TPSA) is 48.1 Å². The van der Waals surface area contributed by atoms with Crippen LogP contribution in [0.1, 0.15) is 12.5 Å². The molecule has 0 spiro atoms. The molecular formula is C14H14Cl2N2O. The summed E-state index contributed by atoms with van der Waals surface area (Å²) in [7, 11) is 0. The second-order valence-corrected chi connectivity index (χ2v) is 5.15. The molecule has 0 bridgehead atoms. The van der Waals surface area contributed by atoms with Crippen LogP contribution in [0.3, 0.4) is 0 Å². The van der Waals surface area contributed by atoms with E-state index in [1.165, 1.54) is 0 Å². The van der Waals surface area contributed by atoms with Gasteiger partial charge in [0.1, 0.15) is 16.5 Å². The lowest BCUT2D eigenvalue weighted by atomic mass is 10.1. The third kappa shape index (κ3) is 3.83. The molecule has 0 radical (unpaired) electrons. The fourth-order valence-electron chi connectivity index (χ4n) is 1.69. The van der Waals surface area contributed by atoms with Crippen molar-refractivity contribution < 1.29 is 4.74 Å². The summed E-state index contributed by atoms with van der Waals surface area (Å²) in [5, 5.41) is 0.848. The van der Waals surface area contributed by atoms with Gasteiger partial charge in [0.05, 0.1) is 11.2 Å². The number of rotatable bonds is 4. The van der Waals surface area contributed by atoms with E-state index < -0.39 is 0 Å². The van der Waals surface area contributed by atoms with Crippen LogP contribution in [0, 0.1) is 0 Å². The number of pyridine rings is 1. The molecule has 0 aliphatic carbocycles. The van der Waals surface area contributed by atoms with Crippen molar-refractivity contribution in [3.8, 4) is 11.5 Å². The molecule has 0 saturated carbocycles. The Bertz CT molecular complexity index is 573. The van der Waals surface area contributed by atoms with E-state index in [2.05, 4.69) is 4.98 Å². The number of benzene rings is 1. The summed E-state index contributed by atoms with van der Waals surface area (Å²) in [5.41, 5.74) is 6.78. The zero-order valence-electron chi connectivity index (χ0n) is 10.4. The molecule has 2 aromatic rings. The van der Waals surface area contributed by atoms with Gasteiger partial charge >= 0.3 is 0 Å². The number of aromatic nitrogens is 1. The van der Waals surface area contributed by atoms with Crippen molar-refractivity contribution >= 4 is 23.2 Å². The van der Waals surface area contributed by atoms with Gasteiger partial charge in [0.15, 0.2) is 0 Å². The Morgan fingerprint density at radius 3 is 2.84 bits per heavy atom. The summed E-state index contributed by atoms with van der Waals surface area (Å²) in [6.45, 7) is 1.95. The van der Waals surface area contributed by atoms with E-state index in [9.17, 15) is 0 Å². The lowest BCUT2D eigenvalue weighted by Gasteiger charge is -2.10. The van der Waals surface area contributed by atoms with Gasteiger partial charge in [-0.25, -0.2) is 0 Å². The summed E-state index contributed by atoms with van der Waals surface area (Å²) >= 11 is 12.0. The molecule has 2 rings (SSSR count). The molecule has 0 aliphatic heterocycles. The Morgan fingerprint density at radius 1 is 1.32 bits per heavy atom. The predicted molar refractivity (Wildman–Crippen MR) is 78.1 cm³/mol. The third-order valence-corrected chi connectivity index (χ3v) is 3.27. The number of nitrogens with two attached hydrogens (primary N) is 1. The summed E-state index contributed by atoms with van der Waals surface area (Å²) in [4.78, 5) is 4.13. The molecule has 0 saturated heterocycles. The predicted octanol–water partition coefficient (Wildman–Crippen LogP) is 4.07. The second kappa shape index (κ2) is 6.24. The molecule has 0 aliphatic rings. The number of hydrogen-bond acceptors (Lipinski definition) is 3. The van der Waals surface area contributed by atoms with Gasteiger partial charge in [-0.2, -0.15) is 0 Å². The van der Waals surface area contributed by atoms with Gasteiger partial charge < -0.3 is 10.5 Å². The molecule has 100 valence electrons. The molecule has 3 nitrogen and oxygen atoms in total. The zero-order valence-corrected chi connectivity index (χ0v) is 11.9. The molecule has 2 N–H and O–H groups in total. The van der Waals surface area contributed by atoms with Crippen molar-refractivity contribution in [3.05, 3.63) is 52.3 Å². The quantitative estimate of drug-likeness (QED) is 0.925. The molecule has 1 aromatic carbocycles. The first kappa shape index (κ1) is 14.1. The summed E-state index contributed by atoms with van der Waals surface area (Å²) in [6.07, 6.45) is 4.14. The molecule has 0 amide bonds. The highest BCUT2D eigenvalue weighted by atomic mass is 35.5. The van der Waals surface area contributed by atoms with Crippen LogP contribution in [-0.4, -0.2) is 11.0 Å². The first-order valence-electron chi connectivity index (χ1n) is 5.87. The number of nitrogens with zero attached hydrogens (tertiary/aromatic N) is 1. The van der Waals surface area contributed by atoms with Crippen LogP contribution < -0.4 is 10.5 Å². The first-order chi connectivity index (χ1) is 9.06. The van der Waals surface area contributed by atoms with Gasteiger partial charge in [0.2, 0.25) is 0 Å². The molecule has 0 fully saturated rings. The van der Waals surface area contributed by atoms with Crippen LogP contribution in [0.25, 0.3) is 0 Å². The number of halogens is 2. The normalized spacial score (nSPS) is 12.2. The van der Waals surface area contributed by atoms with E-state index in [4.69, 9.17) is 33.7 Å². The Kier molecular flexibility index (Phi) is 4.64. The minimum atomic E-state index is 0.0757. The highest BCUT2D eigenvalue weighted by Crippen LogP contribution is 2.34. The fourth-order valence-corrected chi connectivity index (χ4v) is 2.02. The Labute approximate surface area is 122 Å². The minimum Gasteiger partial charge on any atom is -0.454 e. The van der Waals surface area contributed by atoms with E-state index in [1.807, 2.05) is 13.0 Å². The van der Waals surface area contributed by atoms with Crippen LogP contribution in [0.2, 0.25) is 10.0 Å². The van der Waals surface area contributed by atoms with Crippen molar-refractivity contribution in [2.24, 2.45) is 5.73 Å². The average Bonchev–Trinajstić information content (AvgIpc) is 2.35. The molecule has 1 aromatic heterocycles. The maximum Gasteiger partial charge on any atom is 0.147 e. The average molecular weight is 297 g/mol. The molecule has 19 heavy (non-hydrogen) atoms. The van der Waals surface area contributed by atoms with Crippen molar-refractivity contribution in [2.45, 2.75) is 19.4 Å². The lowest BCUT2D eigenvalue weighted by Crippen LogP contribution is -2.17. The van der Waals surface area contributed by atoms with Crippen LogP contribution in [0.5, 0.6) is 11.5 Å². The zero-order chi connectivity index (χ0) is 13.8. The summed E-state index contributed by atoms with van der Waals surface area (Å²) in [6, 6.07) is 7.22. The van der Waals surface area contributed by atoms with Gasteiger partial charge in [-0.3, -0.25) is 4.98 Å². The van der Waals surface area contributed by atoms with Gasteiger partial charge in [-0.1, -0.05) is 29.3 Å². The SMILES string of the molecule is CC(N)Cc1cncc(Oc2cccc(Cl)c2Cl)c1. The van der Waals surface area contributed by atoms with Gasteiger partial charge in [0, 0.05) is 12.2 Å². The van der Waals surface area contributed by atoms with Gasteiger partial charge in [0.25, 0.3) is 0 Å². The van der Waals surface area contributed by atoms with Gasteiger partial charge in [-0.15, -0.1) is 0 Å². The largest absolute Gasteiger partial charge is 0.454 e. The number of ether oxygens (including phenoxy) is 1. The van der Waals surface area contributed by atoms with Crippen molar-refractivity contribution in [3.63, 3.8) is 0 Å². The Balaban J connectivity index is 2.21.